The van der Waals surface area contributed by atoms with E-state index < -0.39 is 30.0 Å². The van der Waals surface area contributed by atoms with Crippen LogP contribution in [0.15, 0.2) is 0 Å². The zero-order valence-electron chi connectivity index (χ0n) is 10.9. The second-order valence-electron chi connectivity index (χ2n) is 5.42. The first-order valence-corrected chi connectivity index (χ1v) is 6.70. The van der Waals surface area contributed by atoms with Crippen molar-refractivity contribution in [1.29, 1.82) is 0 Å². The van der Waals surface area contributed by atoms with E-state index in [1.807, 2.05) is 5.32 Å². The highest BCUT2D eigenvalue weighted by Crippen LogP contribution is 2.33. The van der Waals surface area contributed by atoms with E-state index in [1.165, 1.54) is 0 Å². The van der Waals surface area contributed by atoms with Crippen LogP contribution in [0, 0.1) is 11.8 Å². The standard InChI is InChI=1S/C12H18F3N3O2/c13-12(14,15)9-4-3-7(11(20)18-9)10(19)17-8(5-16)6-1-2-6/h6-9H,1-5,16H2,(H,17,19)(H,18,20). The minimum atomic E-state index is -4.47. The summed E-state index contributed by atoms with van der Waals surface area (Å²) >= 11 is 0. The monoisotopic (exact) mass is 293 g/mol. The van der Waals surface area contributed by atoms with Crippen LogP contribution in [0.1, 0.15) is 25.7 Å². The van der Waals surface area contributed by atoms with Gasteiger partial charge >= 0.3 is 6.18 Å². The number of rotatable bonds is 4. The number of hydrogen-bond acceptors (Lipinski definition) is 3. The molecule has 2 amide bonds. The number of amides is 2. The molecule has 0 bridgehead atoms. The van der Waals surface area contributed by atoms with Crippen LogP contribution in [0.3, 0.4) is 0 Å². The summed E-state index contributed by atoms with van der Waals surface area (Å²) in [7, 11) is 0. The van der Waals surface area contributed by atoms with E-state index in [4.69, 9.17) is 5.73 Å². The lowest BCUT2D eigenvalue weighted by Crippen LogP contribution is -2.56. The summed E-state index contributed by atoms with van der Waals surface area (Å²) < 4.78 is 37.5. The van der Waals surface area contributed by atoms with Gasteiger partial charge in [0.1, 0.15) is 12.0 Å². The number of nitrogens with two attached hydrogens (primary N) is 1. The van der Waals surface area contributed by atoms with Gasteiger partial charge in [-0.2, -0.15) is 13.2 Å². The molecule has 0 spiro atoms. The van der Waals surface area contributed by atoms with Crippen LogP contribution in [-0.2, 0) is 9.59 Å². The molecule has 20 heavy (non-hydrogen) atoms. The number of alkyl halides is 3. The number of nitrogens with one attached hydrogen (secondary N) is 2. The number of carbonyl (C=O) groups excluding carboxylic acids is 2. The molecule has 114 valence electrons. The number of halogens is 3. The minimum Gasteiger partial charge on any atom is -0.351 e. The fraction of sp³-hybridized carbons (Fsp3) is 0.833. The number of carbonyl (C=O) groups is 2. The molecule has 5 nitrogen and oxygen atoms in total. The Morgan fingerprint density at radius 1 is 1.35 bits per heavy atom. The lowest BCUT2D eigenvalue weighted by molar-refractivity contribution is -0.171. The lowest BCUT2D eigenvalue weighted by Gasteiger charge is -2.30. The molecule has 4 N–H and O–H groups in total. The average molecular weight is 293 g/mol. The smallest absolute Gasteiger partial charge is 0.351 e. The summed E-state index contributed by atoms with van der Waals surface area (Å²) in [5.41, 5.74) is 5.54. The van der Waals surface area contributed by atoms with Crippen LogP contribution < -0.4 is 16.4 Å². The predicted molar refractivity (Wildman–Crippen MR) is 64.4 cm³/mol. The molecule has 2 aliphatic rings. The van der Waals surface area contributed by atoms with Crippen LogP contribution in [0.4, 0.5) is 13.2 Å². The third kappa shape index (κ3) is 3.41. The molecule has 0 aromatic rings. The molecule has 0 aromatic carbocycles. The second kappa shape index (κ2) is 5.59. The van der Waals surface area contributed by atoms with E-state index in [2.05, 4.69) is 5.32 Å². The van der Waals surface area contributed by atoms with E-state index in [0.717, 1.165) is 12.8 Å². The second-order valence-corrected chi connectivity index (χ2v) is 5.42. The zero-order chi connectivity index (χ0) is 14.9. The maximum absolute atomic E-state index is 12.5. The SMILES string of the molecule is NCC(NC(=O)C1CCC(C(F)(F)F)NC1=O)C1CC1. The van der Waals surface area contributed by atoms with Gasteiger partial charge in [0.25, 0.3) is 0 Å². The van der Waals surface area contributed by atoms with E-state index >= 15 is 0 Å². The Hall–Kier alpha value is -1.31. The number of piperidine rings is 1. The van der Waals surface area contributed by atoms with Crippen molar-refractivity contribution in [2.45, 2.75) is 43.9 Å². The Morgan fingerprint density at radius 3 is 2.45 bits per heavy atom. The van der Waals surface area contributed by atoms with Gasteiger partial charge in [0, 0.05) is 12.6 Å². The molecule has 8 heteroatoms. The average Bonchev–Trinajstić information content (AvgIpc) is 3.18. The van der Waals surface area contributed by atoms with E-state index in [0.29, 0.717) is 5.92 Å². The molecule has 3 atom stereocenters. The predicted octanol–water partition coefficient (Wildman–Crippen LogP) is 0.297. The van der Waals surface area contributed by atoms with Gasteiger partial charge in [0.2, 0.25) is 11.8 Å². The van der Waals surface area contributed by atoms with E-state index in [1.54, 1.807) is 0 Å². The summed E-state index contributed by atoms with van der Waals surface area (Å²) in [4.78, 5) is 23.6. The first kappa shape index (κ1) is 15.1. The van der Waals surface area contributed by atoms with Crippen LogP contribution in [0.5, 0.6) is 0 Å². The van der Waals surface area contributed by atoms with Crippen molar-refractivity contribution < 1.29 is 22.8 Å². The molecule has 3 unspecified atom stereocenters. The Kier molecular flexibility index (Phi) is 4.22. The largest absolute Gasteiger partial charge is 0.408 e. The Labute approximate surface area is 114 Å². The van der Waals surface area contributed by atoms with Crippen molar-refractivity contribution >= 4 is 11.8 Å². The van der Waals surface area contributed by atoms with Crippen LogP contribution >= 0.6 is 0 Å². The third-order valence-electron chi connectivity index (χ3n) is 3.86. The van der Waals surface area contributed by atoms with E-state index in [9.17, 15) is 22.8 Å². The lowest BCUT2D eigenvalue weighted by atomic mass is 9.92. The minimum absolute atomic E-state index is 0.0935. The van der Waals surface area contributed by atoms with Gasteiger partial charge in [0.15, 0.2) is 0 Å². The molecule has 1 saturated carbocycles. The van der Waals surface area contributed by atoms with Crippen molar-refractivity contribution in [2.24, 2.45) is 17.6 Å². The van der Waals surface area contributed by atoms with Gasteiger partial charge in [0.05, 0.1) is 0 Å². The molecular weight excluding hydrogens is 275 g/mol. The molecule has 1 aliphatic heterocycles. The van der Waals surface area contributed by atoms with Crippen LogP contribution in [-0.4, -0.2) is 36.6 Å². The first-order valence-electron chi connectivity index (χ1n) is 6.70. The summed E-state index contributed by atoms with van der Waals surface area (Å²) in [5, 5.41) is 4.54. The molecule has 1 heterocycles. The van der Waals surface area contributed by atoms with Crippen molar-refractivity contribution in [2.75, 3.05) is 6.54 Å². The highest BCUT2D eigenvalue weighted by Gasteiger charge is 2.46. The van der Waals surface area contributed by atoms with Gasteiger partial charge in [-0.1, -0.05) is 0 Å². The maximum Gasteiger partial charge on any atom is 0.408 e. The Bertz CT molecular complexity index is 396. The molecule has 1 saturated heterocycles. The molecule has 0 aromatic heterocycles. The number of hydrogen-bond donors (Lipinski definition) is 3. The highest BCUT2D eigenvalue weighted by atomic mass is 19.4. The molecular formula is C12H18F3N3O2. The molecule has 2 fully saturated rings. The van der Waals surface area contributed by atoms with Gasteiger partial charge in [-0.05, 0) is 31.6 Å². The molecule has 0 radical (unpaired) electrons. The summed E-state index contributed by atoms with van der Waals surface area (Å²) in [6, 6.07) is -2.04. The van der Waals surface area contributed by atoms with Gasteiger partial charge in [-0.15, -0.1) is 0 Å². The molecule has 2 rings (SSSR count). The van der Waals surface area contributed by atoms with Crippen molar-refractivity contribution in [3.63, 3.8) is 0 Å². The maximum atomic E-state index is 12.5. The third-order valence-corrected chi connectivity index (χ3v) is 3.86. The highest BCUT2D eigenvalue weighted by molar-refractivity contribution is 6.01. The Morgan fingerprint density at radius 2 is 2.00 bits per heavy atom. The Balaban J connectivity index is 1.90. The van der Waals surface area contributed by atoms with Crippen LogP contribution in [0.25, 0.3) is 0 Å². The normalized spacial score (nSPS) is 28.7. The van der Waals surface area contributed by atoms with Crippen molar-refractivity contribution in [3.8, 4) is 0 Å². The zero-order valence-corrected chi connectivity index (χ0v) is 10.9. The molecule has 1 aliphatic carbocycles. The van der Waals surface area contributed by atoms with Crippen molar-refractivity contribution in [1.82, 2.24) is 10.6 Å². The van der Waals surface area contributed by atoms with E-state index in [-0.39, 0.29) is 25.4 Å². The summed E-state index contributed by atoms with van der Waals surface area (Å²) in [6.45, 7) is 0.274. The van der Waals surface area contributed by atoms with Crippen LogP contribution in [0.2, 0.25) is 0 Å². The van der Waals surface area contributed by atoms with Gasteiger partial charge in [-0.3, -0.25) is 9.59 Å². The fourth-order valence-electron chi connectivity index (χ4n) is 2.46. The summed E-state index contributed by atoms with van der Waals surface area (Å²) in [6.07, 6.45) is -2.87. The fourth-order valence-corrected chi connectivity index (χ4v) is 2.46. The van der Waals surface area contributed by atoms with Gasteiger partial charge < -0.3 is 16.4 Å². The topological polar surface area (TPSA) is 84.2 Å². The first-order chi connectivity index (χ1) is 9.32. The quantitative estimate of drug-likeness (QED) is 0.652. The summed E-state index contributed by atoms with van der Waals surface area (Å²) in [5.74, 6) is -2.10. The van der Waals surface area contributed by atoms with Gasteiger partial charge in [-0.25, -0.2) is 0 Å². The van der Waals surface area contributed by atoms with Crippen molar-refractivity contribution in [3.05, 3.63) is 0 Å².